The number of aliphatic carboxylic acids is 1. The van der Waals surface area contributed by atoms with Crippen LogP contribution in [0.15, 0.2) is 30.3 Å². The van der Waals surface area contributed by atoms with Crippen LogP contribution in [0.1, 0.15) is 185 Å². The SMILES string of the molecule is CSCC[C@H](NC(=O)[C@@H](NC(=O)[C@H](CCCCN)NC(=O)[C@H](CCC(N)=O)NC(=O)[C@@H](N)Cc1ccccc1)[C@@H](C)O)C(=O)N[C@@H](CCCCN)C(=O)N[C@H](C(=O)N[C@H](C(=O)NCC(=O)N[C@H](C(=O)N[C@H](C(=O)N[C@H](C(=O)N[C@@H](CCC(N)=O)C(=O)NCC(=O)N[C@H](C(=O)N[C@@H](CCCCN)C(=O)N[C@@H](CO)C(=O)N[C@@H](CC(C)C)C(=O)O)C(C)C)[C@@H](C)O)[C@@H](C)O)C(C)C)[C@@H](C)O)C(C)C. The Labute approximate surface area is 795 Å². The van der Waals surface area contributed by atoms with E-state index in [0.29, 0.717) is 24.8 Å². The van der Waals surface area contributed by atoms with Crippen LogP contribution < -0.4 is 125 Å². The number of nitrogens with one attached hydrogen (secondary N) is 17. The Kier molecular flexibility index (Phi) is 58.2. The summed E-state index contributed by atoms with van der Waals surface area (Å²) in [7, 11) is 0. The lowest BCUT2D eigenvalue weighted by atomic mass is 10.0. The number of carboxylic acids is 1. The van der Waals surface area contributed by atoms with Crippen LogP contribution in [0.25, 0.3) is 0 Å². The van der Waals surface area contributed by atoms with Crippen LogP contribution in [-0.2, 0) is 102 Å². The third kappa shape index (κ3) is 46.4. The van der Waals surface area contributed by atoms with Gasteiger partial charge in [-0.2, -0.15) is 11.8 Å². The Hall–Kier alpha value is -11.4. The number of aliphatic hydroxyl groups excluding tert-OH is 5. The first kappa shape index (κ1) is 123. The van der Waals surface area contributed by atoms with Gasteiger partial charge < -0.3 is 155 Å². The molecule has 0 aliphatic carbocycles. The van der Waals surface area contributed by atoms with Gasteiger partial charge in [-0.15, -0.1) is 0 Å². The van der Waals surface area contributed by atoms with Crippen molar-refractivity contribution in [3.05, 3.63) is 35.9 Å². The number of unbranched alkanes of at least 4 members (excludes halogenated alkanes) is 3. The number of thioether (sulfide) groups is 1. The van der Waals surface area contributed by atoms with Crippen LogP contribution in [0.3, 0.4) is 0 Å². The first-order valence-electron chi connectivity index (χ1n) is 45.4. The van der Waals surface area contributed by atoms with E-state index in [4.69, 9.17) is 34.4 Å². The van der Waals surface area contributed by atoms with Gasteiger partial charge in [-0.25, -0.2) is 4.79 Å². The molecule has 35 N–H and O–H groups in total. The van der Waals surface area contributed by atoms with Crippen LogP contribution in [0.5, 0.6) is 0 Å². The number of amides is 19. The van der Waals surface area contributed by atoms with Crippen molar-refractivity contribution in [3.63, 3.8) is 0 Å². The number of carbonyl (C=O) groups is 20. The standard InChI is InChI=1S/C86H149N23O26S/c1-42(2)37-58(86(134)135)101-78(126)59(41-110)102-73(121)52(25-17-20-33-87)98-80(128)64(43(3)4)103-62(117)39-93-72(120)55(28-30-60(91)115)99-84(132)69(48(11)113)109-85(133)70(49(12)114)108-81(129)65(44(5)6)104-63(118)40-94-79(127)67(46(9)111)107-82(130)66(45(7)8)105-76(124)53(26-18-21-34-88)97-75(123)57(32-36-136-13)100-83(131)68(47(10)112)106-77(125)54(27-19-22-35-89)96-74(122)56(29-31-61(92)116)95-71(119)51(90)38-50-23-15-14-16-24-50/h14-16,23-24,42-49,51-59,64-70,110-114H,17-22,25-41,87-90H2,1-13H3,(H2,91,115)(H2,92,116)(H,93,120)(H,94,127)(H,95,119)(H,96,122)(H,97,123)(H,98,128)(H,99,132)(H,100,131)(H,101,126)(H,102,121)(H,103,117)(H,104,118)(H,105,124)(H,106,125)(H,107,130)(H,108,129)(H,109,133)(H,134,135)/t46-,47-,48-,49-,51+,52+,53+,54+,55+,56+,57+,58+,59+,64+,65+,66+,67+,68+,69+,70+/m1/s1. The highest BCUT2D eigenvalue weighted by molar-refractivity contribution is 7.98. The molecular formula is C86H149N23O26S. The van der Waals surface area contributed by atoms with Gasteiger partial charge in [0.25, 0.3) is 0 Å². The normalized spacial score (nSPS) is 15.8. The van der Waals surface area contributed by atoms with Crippen molar-refractivity contribution in [2.24, 2.45) is 58.1 Å². The molecule has 0 bridgehead atoms. The minimum Gasteiger partial charge on any atom is -0.480 e. The average Bonchev–Trinajstić information content (AvgIpc) is 0.851. The summed E-state index contributed by atoms with van der Waals surface area (Å²) in [5, 5.41) is 104. The first-order valence-corrected chi connectivity index (χ1v) is 46.8. The number of hydrogen-bond acceptors (Lipinski definition) is 30. The molecule has 0 saturated heterocycles. The van der Waals surface area contributed by atoms with Gasteiger partial charge in [0.15, 0.2) is 0 Å². The highest BCUT2D eigenvalue weighted by atomic mass is 32.2. The molecule has 0 saturated carbocycles. The molecule has 0 spiro atoms. The Morgan fingerprint density at radius 1 is 0.331 bits per heavy atom. The predicted octanol–water partition coefficient (Wildman–Crippen LogP) is -9.65. The van der Waals surface area contributed by atoms with E-state index in [-0.39, 0.29) is 102 Å². The zero-order valence-corrected chi connectivity index (χ0v) is 80.5. The number of primary amides is 2. The number of nitrogens with two attached hydrogens (primary N) is 6. The maximum Gasteiger partial charge on any atom is 0.326 e. The molecule has 1 aromatic carbocycles. The molecule has 0 aromatic heterocycles. The van der Waals surface area contributed by atoms with Gasteiger partial charge in [-0.3, -0.25) is 91.1 Å². The number of benzene rings is 1. The minimum absolute atomic E-state index is 0.0194. The van der Waals surface area contributed by atoms with Crippen molar-refractivity contribution in [1.29, 1.82) is 0 Å². The van der Waals surface area contributed by atoms with Gasteiger partial charge in [-0.1, -0.05) is 85.7 Å². The van der Waals surface area contributed by atoms with Crippen LogP contribution in [0.2, 0.25) is 0 Å². The fourth-order valence-corrected chi connectivity index (χ4v) is 13.9. The van der Waals surface area contributed by atoms with Gasteiger partial charge >= 0.3 is 5.97 Å². The van der Waals surface area contributed by atoms with Gasteiger partial charge in [0.1, 0.15) is 90.6 Å². The summed E-state index contributed by atoms with van der Waals surface area (Å²) < 4.78 is 0. The Morgan fingerprint density at radius 2 is 0.610 bits per heavy atom. The molecule has 49 nitrogen and oxygen atoms in total. The van der Waals surface area contributed by atoms with E-state index in [1.54, 1.807) is 50.4 Å². The minimum atomic E-state index is -2.02. The summed E-state index contributed by atoms with van der Waals surface area (Å²) >= 11 is 1.27. The monoisotopic (exact) mass is 1950 g/mol. The molecule has 136 heavy (non-hydrogen) atoms. The van der Waals surface area contributed by atoms with Crippen molar-refractivity contribution >= 4 is 130 Å². The quantitative estimate of drug-likeness (QED) is 0.0269. The summed E-state index contributed by atoms with van der Waals surface area (Å²) in [6.07, 6.45) is -5.51. The number of aliphatic hydroxyl groups is 5. The molecule has 0 aliphatic rings. The molecule has 770 valence electrons. The number of rotatable bonds is 68. The largest absolute Gasteiger partial charge is 0.480 e. The van der Waals surface area contributed by atoms with Gasteiger partial charge in [0, 0.05) is 12.8 Å². The van der Waals surface area contributed by atoms with Crippen molar-refractivity contribution in [3.8, 4) is 0 Å². The first-order chi connectivity index (χ1) is 63.8. The molecule has 0 aliphatic heterocycles. The zero-order valence-electron chi connectivity index (χ0n) is 79.7. The van der Waals surface area contributed by atoms with Crippen LogP contribution in [0, 0.1) is 23.7 Å². The lowest BCUT2D eigenvalue weighted by Crippen LogP contribution is -2.63. The molecule has 0 fully saturated rings. The van der Waals surface area contributed by atoms with E-state index < -0.39 is 290 Å². The lowest BCUT2D eigenvalue weighted by molar-refractivity contribution is -0.143. The summed E-state index contributed by atoms with van der Waals surface area (Å²) in [6, 6.07) is -16.6. The van der Waals surface area contributed by atoms with E-state index in [9.17, 15) is 127 Å². The highest BCUT2D eigenvalue weighted by Gasteiger charge is 2.42. The van der Waals surface area contributed by atoms with Gasteiger partial charge in [0.2, 0.25) is 112 Å². The molecule has 0 radical (unpaired) electrons. The van der Waals surface area contributed by atoms with Crippen molar-refractivity contribution < 1.29 is 127 Å². The highest BCUT2D eigenvalue weighted by Crippen LogP contribution is 2.16. The maximum atomic E-state index is 14.4. The zero-order chi connectivity index (χ0) is 104. The maximum absolute atomic E-state index is 14.4. The second-order valence-electron chi connectivity index (χ2n) is 34.7. The van der Waals surface area contributed by atoms with Crippen LogP contribution >= 0.6 is 11.8 Å². The Balaban J connectivity index is 3.38. The van der Waals surface area contributed by atoms with Crippen LogP contribution in [0.4, 0.5) is 0 Å². The fourth-order valence-electron chi connectivity index (χ4n) is 13.4. The summed E-state index contributed by atoms with van der Waals surface area (Å²) in [6.45, 7) is 14.5. The van der Waals surface area contributed by atoms with Gasteiger partial charge in [0.05, 0.1) is 50.2 Å². The van der Waals surface area contributed by atoms with E-state index >= 15 is 0 Å². The van der Waals surface area contributed by atoms with Crippen molar-refractivity contribution in [2.75, 3.05) is 51.3 Å². The molecule has 1 rings (SSSR count). The third-order valence-corrected chi connectivity index (χ3v) is 21.9. The van der Waals surface area contributed by atoms with Crippen molar-refractivity contribution in [2.45, 2.75) is 307 Å². The van der Waals surface area contributed by atoms with E-state index in [1.807, 2.05) is 0 Å². The molecule has 19 amide bonds. The summed E-state index contributed by atoms with van der Waals surface area (Å²) in [5.41, 5.74) is 34.9. The number of carbonyl (C=O) groups excluding carboxylic acids is 19. The number of hydrogen-bond donors (Lipinski definition) is 29. The van der Waals surface area contributed by atoms with E-state index in [2.05, 4.69) is 90.4 Å². The lowest BCUT2D eigenvalue weighted by Gasteiger charge is -2.30. The molecular weight excluding hydrogens is 1800 g/mol. The van der Waals surface area contributed by atoms with E-state index in [1.165, 1.54) is 60.2 Å². The summed E-state index contributed by atoms with van der Waals surface area (Å²) in [4.78, 5) is 272. The molecule has 1 aromatic rings. The molecule has 50 heteroatoms. The molecule has 20 atom stereocenters. The smallest absolute Gasteiger partial charge is 0.326 e. The Morgan fingerprint density at radius 3 is 0.956 bits per heavy atom. The second kappa shape index (κ2) is 64.6. The third-order valence-electron chi connectivity index (χ3n) is 21.3. The van der Waals surface area contributed by atoms with Crippen LogP contribution in [-0.4, -0.2) is 321 Å². The average molecular weight is 1950 g/mol. The van der Waals surface area contributed by atoms with Crippen molar-refractivity contribution in [1.82, 2.24) is 90.4 Å². The topological polar surface area (TPSA) is 823 Å². The van der Waals surface area contributed by atoms with Gasteiger partial charge in [-0.05, 0) is 178 Å². The fraction of sp³-hybridized carbons (Fsp3) is 0.698. The predicted molar refractivity (Wildman–Crippen MR) is 497 cm³/mol. The Bertz CT molecular complexity index is 4080. The second-order valence-corrected chi connectivity index (χ2v) is 35.7. The summed E-state index contributed by atoms with van der Waals surface area (Å²) in [5.74, 6) is -23.2. The molecule has 0 heterocycles. The number of carboxylic acid groups (broad SMARTS) is 1. The van der Waals surface area contributed by atoms with E-state index in [0.717, 1.165) is 20.8 Å². The molecule has 0 unspecified atom stereocenters.